The molecule has 0 aliphatic heterocycles. The van der Waals surface area contributed by atoms with E-state index in [0.29, 0.717) is 11.3 Å². The molecule has 1 nitrogen and oxygen atoms in total. The molecule has 0 spiro atoms. The molecule has 13 heavy (non-hydrogen) atoms. The van der Waals surface area contributed by atoms with E-state index < -0.39 is 6.67 Å². The van der Waals surface area contributed by atoms with E-state index in [2.05, 4.69) is 0 Å². The Labute approximate surface area is 76.3 Å². The molecule has 0 bridgehead atoms. The molecule has 0 radical (unpaired) electrons. The van der Waals surface area contributed by atoms with Crippen LogP contribution in [-0.4, -0.2) is 13.8 Å². The normalized spacial score (nSPS) is 12.6. The van der Waals surface area contributed by atoms with E-state index in [1.165, 1.54) is 25.3 Å². The van der Waals surface area contributed by atoms with Crippen LogP contribution < -0.4 is 4.74 Å². The minimum Gasteiger partial charge on any atom is -0.496 e. The summed E-state index contributed by atoms with van der Waals surface area (Å²) in [4.78, 5) is 0. The zero-order valence-electron chi connectivity index (χ0n) is 7.68. The molecule has 0 aliphatic carbocycles. The number of halogens is 2. The third kappa shape index (κ3) is 2.17. The molecule has 0 N–H and O–H groups in total. The number of alkyl halides is 1. The second-order valence-corrected chi connectivity index (χ2v) is 2.94. The molecule has 1 unspecified atom stereocenters. The second kappa shape index (κ2) is 4.21. The molecule has 3 heteroatoms. The van der Waals surface area contributed by atoms with E-state index in [4.69, 9.17) is 4.74 Å². The van der Waals surface area contributed by atoms with Gasteiger partial charge in [0.05, 0.1) is 13.8 Å². The Morgan fingerprint density at radius 1 is 1.46 bits per heavy atom. The smallest absolute Gasteiger partial charge is 0.123 e. The quantitative estimate of drug-likeness (QED) is 0.705. The minimum absolute atomic E-state index is 0.328. The van der Waals surface area contributed by atoms with Crippen LogP contribution >= 0.6 is 0 Å². The molecule has 0 amide bonds. The third-order valence-electron chi connectivity index (χ3n) is 1.95. The van der Waals surface area contributed by atoms with Gasteiger partial charge in [-0.1, -0.05) is 6.92 Å². The van der Waals surface area contributed by atoms with E-state index in [9.17, 15) is 8.78 Å². The summed E-state index contributed by atoms with van der Waals surface area (Å²) in [5, 5.41) is 0. The second-order valence-electron chi connectivity index (χ2n) is 2.94. The molecule has 0 fully saturated rings. The molecular formula is C10H12F2O. The molecular weight excluding hydrogens is 174 g/mol. The average Bonchev–Trinajstić information content (AvgIpc) is 2.16. The Bertz CT molecular complexity index is 286. The minimum atomic E-state index is -0.514. The SMILES string of the molecule is COc1ccc(F)cc1C(C)CF. The fraction of sp³-hybridized carbons (Fsp3) is 0.400. The van der Waals surface area contributed by atoms with Crippen molar-refractivity contribution in [1.29, 1.82) is 0 Å². The van der Waals surface area contributed by atoms with Crippen LogP contribution in [0.5, 0.6) is 5.75 Å². The summed E-state index contributed by atoms with van der Waals surface area (Å²) < 4.78 is 30.1. The lowest BCUT2D eigenvalue weighted by atomic mass is 10.0. The van der Waals surface area contributed by atoms with Crippen molar-refractivity contribution in [2.24, 2.45) is 0 Å². The van der Waals surface area contributed by atoms with Gasteiger partial charge in [-0.15, -0.1) is 0 Å². The monoisotopic (exact) mass is 186 g/mol. The standard InChI is InChI=1S/C10H12F2O/c1-7(6-11)9-5-8(12)3-4-10(9)13-2/h3-5,7H,6H2,1-2H3. The van der Waals surface area contributed by atoms with Crippen molar-refractivity contribution in [2.75, 3.05) is 13.8 Å². The maximum atomic E-state index is 12.8. The van der Waals surface area contributed by atoms with Crippen molar-refractivity contribution in [3.05, 3.63) is 29.6 Å². The highest BCUT2D eigenvalue weighted by molar-refractivity contribution is 5.36. The van der Waals surface area contributed by atoms with Crippen molar-refractivity contribution >= 4 is 0 Å². The van der Waals surface area contributed by atoms with Gasteiger partial charge in [-0.3, -0.25) is 4.39 Å². The van der Waals surface area contributed by atoms with Crippen LogP contribution in [0.3, 0.4) is 0 Å². The summed E-state index contributed by atoms with van der Waals surface area (Å²) in [6.07, 6.45) is 0. The van der Waals surface area contributed by atoms with Crippen LogP contribution in [-0.2, 0) is 0 Å². The summed E-state index contributed by atoms with van der Waals surface area (Å²) in [6, 6.07) is 4.12. The summed E-state index contributed by atoms with van der Waals surface area (Å²) in [5.74, 6) is -0.159. The van der Waals surface area contributed by atoms with Crippen LogP contribution in [0, 0.1) is 5.82 Å². The Balaban J connectivity index is 3.07. The summed E-state index contributed by atoms with van der Waals surface area (Å²) in [5.41, 5.74) is 0.574. The Morgan fingerprint density at radius 3 is 2.69 bits per heavy atom. The van der Waals surface area contributed by atoms with Gasteiger partial charge in [0, 0.05) is 11.5 Å². The zero-order valence-corrected chi connectivity index (χ0v) is 7.68. The van der Waals surface area contributed by atoms with Gasteiger partial charge in [-0.25, -0.2) is 4.39 Å². The number of ether oxygens (including phenoxy) is 1. The highest BCUT2D eigenvalue weighted by Crippen LogP contribution is 2.27. The van der Waals surface area contributed by atoms with Gasteiger partial charge in [0.15, 0.2) is 0 Å². The van der Waals surface area contributed by atoms with Crippen molar-refractivity contribution in [3.8, 4) is 5.75 Å². The first-order chi connectivity index (χ1) is 6.19. The highest BCUT2D eigenvalue weighted by Gasteiger charge is 2.11. The van der Waals surface area contributed by atoms with Crippen LogP contribution in [0.1, 0.15) is 18.4 Å². The van der Waals surface area contributed by atoms with Crippen molar-refractivity contribution in [2.45, 2.75) is 12.8 Å². The van der Waals surface area contributed by atoms with Crippen LogP contribution in [0.25, 0.3) is 0 Å². The molecule has 1 rings (SSSR count). The summed E-state index contributed by atoms with van der Waals surface area (Å²) >= 11 is 0. The first-order valence-electron chi connectivity index (χ1n) is 4.08. The molecule has 1 atom stereocenters. The van der Waals surface area contributed by atoms with E-state index in [-0.39, 0.29) is 11.7 Å². The first-order valence-corrected chi connectivity index (χ1v) is 4.08. The van der Waals surface area contributed by atoms with E-state index in [0.717, 1.165) is 0 Å². The number of benzene rings is 1. The fourth-order valence-electron chi connectivity index (χ4n) is 1.17. The predicted octanol–water partition coefficient (Wildman–Crippen LogP) is 2.91. The molecule has 1 aromatic carbocycles. The zero-order chi connectivity index (χ0) is 9.84. The van der Waals surface area contributed by atoms with Gasteiger partial charge in [0.2, 0.25) is 0 Å². The third-order valence-corrected chi connectivity index (χ3v) is 1.95. The lowest BCUT2D eigenvalue weighted by Gasteiger charge is -2.12. The van der Waals surface area contributed by atoms with Gasteiger partial charge in [0.25, 0.3) is 0 Å². The van der Waals surface area contributed by atoms with Gasteiger partial charge < -0.3 is 4.74 Å². The lowest BCUT2D eigenvalue weighted by Crippen LogP contribution is -1.99. The van der Waals surface area contributed by atoms with E-state index >= 15 is 0 Å². The predicted molar refractivity (Wildman–Crippen MR) is 47.3 cm³/mol. The van der Waals surface area contributed by atoms with Crippen LogP contribution in [0.4, 0.5) is 8.78 Å². The number of methoxy groups -OCH3 is 1. The van der Waals surface area contributed by atoms with E-state index in [1.807, 2.05) is 0 Å². The Morgan fingerprint density at radius 2 is 2.15 bits per heavy atom. The first kappa shape index (κ1) is 9.96. The van der Waals surface area contributed by atoms with Gasteiger partial charge >= 0.3 is 0 Å². The molecule has 0 heterocycles. The number of rotatable bonds is 3. The number of hydrogen-bond donors (Lipinski definition) is 0. The molecule has 1 aromatic rings. The largest absolute Gasteiger partial charge is 0.496 e. The Kier molecular flexibility index (Phi) is 3.23. The highest BCUT2D eigenvalue weighted by atomic mass is 19.1. The van der Waals surface area contributed by atoms with Crippen molar-refractivity contribution in [3.63, 3.8) is 0 Å². The lowest BCUT2D eigenvalue weighted by molar-refractivity contribution is 0.391. The van der Waals surface area contributed by atoms with Crippen molar-refractivity contribution in [1.82, 2.24) is 0 Å². The number of hydrogen-bond acceptors (Lipinski definition) is 1. The summed E-state index contributed by atoms with van der Waals surface area (Å²) in [6.45, 7) is 1.18. The molecule has 0 aromatic heterocycles. The van der Waals surface area contributed by atoms with E-state index in [1.54, 1.807) is 6.92 Å². The maximum absolute atomic E-state index is 12.8. The Hall–Kier alpha value is -1.12. The fourth-order valence-corrected chi connectivity index (χ4v) is 1.17. The van der Waals surface area contributed by atoms with Gasteiger partial charge in [-0.05, 0) is 18.2 Å². The summed E-state index contributed by atoms with van der Waals surface area (Å²) in [7, 11) is 1.49. The maximum Gasteiger partial charge on any atom is 0.123 e. The molecule has 0 saturated heterocycles. The van der Waals surface area contributed by atoms with Gasteiger partial charge in [-0.2, -0.15) is 0 Å². The van der Waals surface area contributed by atoms with Crippen LogP contribution in [0.15, 0.2) is 18.2 Å². The topological polar surface area (TPSA) is 9.23 Å². The molecule has 72 valence electrons. The van der Waals surface area contributed by atoms with Gasteiger partial charge in [0.1, 0.15) is 11.6 Å². The van der Waals surface area contributed by atoms with Crippen LogP contribution in [0.2, 0.25) is 0 Å². The van der Waals surface area contributed by atoms with Crippen molar-refractivity contribution < 1.29 is 13.5 Å². The average molecular weight is 186 g/mol. The molecule has 0 aliphatic rings. The molecule has 0 saturated carbocycles.